The molecule has 0 aliphatic carbocycles. The molecular formula is C26H25N3O6. The van der Waals surface area contributed by atoms with Crippen molar-refractivity contribution < 1.29 is 28.7 Å². The van der Waals surface area contributed by atoms with Crippen molar-refractivity contribution in [3.8, 4) is 5.75 Å². The molecule has 0 spiro atoms. The second-order valence-electron chi connectivity index (χ2n) is 7.62. The molecule has 3 aromatic rings. The van der Waals surface area contributed by atoms with Crippen LogP contribution < -0.4 is 20.7 Å². The van der Waals surface area contributed by atoms with E-state index in [0.717, 1.165) is 0 Å². The minimum Gasteiger partial charge on any atom is -0.497 e. The third-order valence-corrected chi connectivity index (χ3v) is 4.74. The summed E-state index contributed by atoms with van der Waals surface area (Å²) in [6.45, 7) is 2.65. The molecular weight excluding hydrogens is 450 g/mol. The molecule has 3 rings (SSSR count). The van der Waals surface area contributed by atoms with Crippen molar-refractivity contribution in [1.82, 2.24) is 0 Å². The normalized spacial score (nSPS) is 10.1. The van der Waals surface area contributed by atoms with Crippen LogP contribution in [0.2, 0.25) is 0 Å². The lowest BCUT2D eigenvalue weighted by molar-refractivity contribution is -0.115. The number of amides is 3. The predicted octanol–water partition coefficient (Wildman–Crippen LogP) is 4.22. The van der Waals surface area contributed by atoms with Gasteiger partial charge >= 0.3 is 5.97 Å². The molecule has 0 saturated carbocycles. The summed E-state index contributed by atoms with van der Waals surface area (Å²) >= 11 is 0. The highest BCUT2D eigenvalue weighted by molar-refractivity contribution is 6.04. The van der Waals surface area contributed by atoms with E-state index in [4.69, 9.17) is 9.47 Å². The van der Waals surface area contributed by atoms with E-state index < -0.39 is 5.97 Å². The summed E-state index contributed by atoms with van der Waals surface area (Å²) in [6, 6.07) is 18.1. The summed E-state index contributed by atoms with van der Waals surface area (Å²) in [5.74, 6) is -0.861. The van der Waals surface area contributed by atoms with Crippen LogP contribution in [-0.2, 0) is 20.9 Å². The van der Waals surface area contributed by atoms with Crippen molar-refractivity contribution >= 4 is 40.8 Å². The highest BCUT2D eigenvalue weighted by Crippen LogP contribution is 2.21. The molecule has 180 valence electrons. The maximum Gasteiger partial charge on any atom is 0.338 e. The number of hydrogen-bond acceptors (Lipinski definition) is 6. The van der Waals surface area contributed by atoms with E-state index in [-0.39, 0.29) is 29.9 Å². The molecule has 0 saturated heterocycles. The molecule has 3 amide bonds. The molecule has 0 aliphatic heterocycles. The summed E-state index contributed by atoms with van der Waals surface area (Å²) < 4.78 is 10.5. The number of carbonyl (C=O) groups is 4. The van der Waals surface area contributed by atoms with Gasteiger partial charge in [-0.1, -0.05) is 12.1 Å². The zero-order chi connectivity index (χ0) is 25.4. The Morgan fingerprint density at radius 1 is 0.686 bits per heavy atom. The fourth-order valence-electron chi connectivity index (χ4n) is 3.16. The van der Waals surface area contributed by atoms with Crippen LogP contribution in [-0.4, -0.2) is 30.8 Å². The SMILES string of the molecule is COc1ccc(NC(=O)c2ccc(COC(=O)c3cc(NC(C)=O)cc(NC(C)=O)c3)cc2)cc1. The van der Waals surface area contributed by atoms with Gasteiger partial charge in [-0.15, -0.1) is 0 Å². The van der Waals surface area contributed by atoms with Gasteiger partial charge in [-0.25, -0.2) is 4.79 Å². The van der Waals surface area contributed by atoms with Crippen LogP contribution >= 0.6 is 0 Å². The largest absolute Gasteiger partial charge is 0.497 e. The van der Waals surface area contributed by atoms with Gasteiger partial charge in [-0.3, -0.25) is 14.4 Å². The quantitative estimate of drug-likeness (QED) is 0.419. The van der Waals surface area contributed by atoms with E-state index in [1.54, 1.807) is 55.6 Å². The molecule has 0 atom stereocenters. The lowest BCUT2D eigenvalue weighted by atomic mass is 10.1. The van der Waals surface area contributed by atoms with Crippen LogP contribution in [0, 0.1) is 0 Å². The Morgan fingerprint density at radius 3 is 1.77 bits per heavy atom. The molecule has 0 aromatic heterocycles. The summed E-state index contributed by atoms with van der Waals surface area (Å²) in [5, 5.41) is 7.97. The Balaban J connectivity index is 1.62. The van der Waals surface area contributed by atoms with Gasteiger partial charge in [0.25, 0.3) is 5.91 Å². The van der Waals surface area contributed by atoms with Gasteiger partial charge in [-0.2, -0.15) is 0 Å². The third-order valence-electron chi connectivity index (χ3n) is 4.74. The van der Waals surface area contributed by atoms with Gasteiger partial charge in [0.1, 0.15) is 12.4 Å². The number of methoxy groups -OCH3 is 1. The zero-order valence-corrected chi connectivity index (χ0v) is 19.5. The van der Waals surface area contributed by atoms with Gasteiger partial charge in [0.2, 0.25) is 11.8 Å². The highest BCUT2D eigenvalue weighted by atomic mass is 16.5. The molecule has 3 N–H and O–H groups in total. The lowest BCUT2D eigenvalue weighted by Gasteiger charge is -2.11. The molecule has 3 aromatic carbocycles. The Kier molecular flexibility index (Phi) is 8.18. The monoisotopic (exact) mass is 475 g/mol. The predicted molar refractivity (Wildman–Crippen MR) is 132 cm³/mol. The summed E-state index contributed by atoms with van der Waals surface area (Å²) in [6.07, 6.45) is 0. The highest BCUT2D eigenvalue weighted by Gasteiger charge is 2.13. The van der Waals surface area contributed by atoms with Crippen LogP contribution in [0.3, 0.4) is 0 Å². The molecule has 0 radical (unpaired) electrons. The third kappa shape index (κ3) is 7.43. The first-order valence-corrected chi connectivity index (χ1v) is 10.7. The maximum absolute atomic E-state index is 12.6. The number of rotatable bonds is 8. The number of carbonyl (C=O) groups excluding carboxylic acids is 4. The maximum atomic E-state index is 12.6. The van der Waals surface area contributed by atoms with Crippen LogP contribution in [0.4, 0.5) is 17.1 Å². The lowest BCUT2D eigenvalue weighted by Crippen LogP contribution is -2.12. The number of nitrogens with one attached hydrogen (secondary N) is 3. The minimum atomic E-state index is -0.634. The van der Waals surface area contributed by atoms with Crippen molar-refractivity contribution in [1.29, 1.82) is 0 Å². The topological polar surface area (TPSA) is 123 Å². The van der Waals surface area contributed by atoms with E-state index in [1.165, 1.54) is 32.0 Å². The Morgan fingerprint density at radius 2 is 1.26 bits per heavy atom. The van der Waals surface area contributed by atoms with Crippen molar-refractivity contribution in [2.24, 2.45) is 0 Å². The second-order valence-corrected chi connectivity index (χ2v) is 7.62. The molecule has 0 bridgehead atoms. The first-order chi connectivity index (χ1) is 16.7. The average Bonchev–Trinajstić information content (AvgIpc) is 2.82. The molecule has 0 fully saturated rings. The molecule has 0 aliphatic rings. The fourth-order valence-corrected chi connectivity index (χ4v) is 3.16. The number of hydrogen-bond donors (Lipinski definition) is 3. The van der Waals surface area contributed by atoms with Crippen LogP contribution in [0.5, 0.6) is 5.75 Å². The molecule has 0 unspecified atom stereocenters. The Hall–Kier alpha value is -4.66. The first kappa shape index (κ1) is 25.0. The van der Waals surface area contributed by atoms with Gasteiger partial charge in [0.05, 0.1) is 12.7 Å². The second kappa shape index (κ2) is 11.5. The van der Waals surface area contributed by atoms with Crippen molar-refractivity contribution in [3.05, 3.63) is 83.4 Å². The number of esters is 1. The van der Waals surface area contributed by atoms with Gasteiger partial charge in [0, 0.05) is 36.5 Å². The van der Waals surface area contributed by atoms with Crippen molar-refractivity contribution in [2.45, 2.75) is 20.5 Å². The Labute approximate surface area is 202 Å². The average molecular weight is 476 g/mol. The molecule has 0 heterocycles. The van der Waals surface area contributed by atoms with E-state index >= 15 is 0 Å². The van der Waals surface area contributed by atoms with E-state index in [2.05, 4.69) is 16.0 Å². The summed E-state index contributed by atoms with van der Waals surface area (Å²) in [4.78, 5) is 47.8. The van der Waals surface area contributed by atoms with Crippen molar-refractivity contribution in [2.75, 3.05) is 23.1 Å². The number of ether oxygens (including phenoxy) is 2. The van der Waals surface area contributed by atoms with E-state index in [9.17, 15) is 19.2 Å². The Bertz CT molecular complexity index is 1200. The summed E-state index contributed by atoms with van der Waals surface area (Å²) in [5.41, 5.74) is 2.62. The summed E-state index contributed by atoms with van der Waals surface area (Å²) in [7, 11) is 1.57. The standard InChI is InChI=1S/C26H25N3O6/c1-16(30)27-22-12-20(13-23(14-22)28-17(2)31)26(33)35-15-18-4-6-19(7-5-18)25(32)29-21-8-10-24(34-3)11-9-21/h4-14H,15H2,1-3H3,(H,27,30)(H,28,31)(H,29,32). The smallest absolute Gasteiger partial charge is 0.338 e. The number of anilines is 3. The van der Waals surface area contributed by atoms with Gasteiger partial charge < -0.3 is 25.4 Å². The zero-order valence-electron chi connectivity index (χ0n) is 19.5. The molecule has 9 nitrogen and oxygen atoms in total. The molecule has 35 heavy (non-hydrogen) atoms. The fraction of sp³-hybridized carbons (Fsp3) is 0.154. The first-order valence-electron chi connectivity index (χ1n) is 10.7. The van der Waals surface area contributed by atoms with Crippen LogP contribution in [0.15, 0.2) is 66.7 Å². The van der Waals surface area contributed by atoms with E-state index in [1.807, 2.05) is 0 Å². The van der Waals surface area contributed by atoms with E-state index in [0.29, 0.717) is 33.9 Å². The van der Waals surface area contributed by atoms with Crippen LogP contribution in [0.1, 0.15) is 40.1 Å². The van der Waals surface area contributed by atoms with Crippen molar-refractivity contribution in [3.63, 3.8) is 0 Å². The van der Waals surface area contributed by atoms with Gasteiger partial charge in [0.15, 0.2) is 0 Å². The van der Waals surface area contributed by atoms with Gasteiger partial charge in [-0.05, 0) is 60.2 Å². The van der Waals surface area contributed by atoms with Crippen LogP contribution in [0.25, 0.3) is 0 Å². The number of benzene rings is 3. The molecule has 9 heteroatoms. The minimum absolute atomic E-state index is 0.0287.